The molecule has 3 rings (SSSR count). The zero-order valence-electron chi connectivity index (χ0n) is 13.3. The number of aromatic nitrogens is 5. The third-order valence-corrected chi connectivity index (χ3v) is 4.52. The first-order chi connectivity index (χ1) is 10.9. The van der Waals surface area contributed by atoms with Crippen LogP contribution in [0.15, 0.2) is 29.9 Å². The third-order valence-electron chi connectivity index (χ3n) is 3.81. The van der Waals surface area contributed by atoms with Crippen LogP contribution in [0.25, 0.3) is 11.0 Å². The maximum absolute atomic E-state index is 11.3. The predicted octanol–water partition coefficient (Wildman–Crippen LogP) is 1.04. The second-order valence-electron chi connectivity index (χ2n) is 5.68. The highest BCUT2D eigenvalue weighted by Crippen LogP contribution is 2.18. The van der Waals surface area contributed by atoms with Gasteiger partial charge >= 0.3 is 0 Å². The van der Waals surface area contributed by atoms with Crippen LogP contribution in [-0.4, -0.2) is 46.0 Å². The molecule has 0 fully saturated rings. The van der Waals surface area contributed by atoms with Gasteiger partial charge in [0.2, 0.25) is 5.16 Å². The van der Waals surface area contributed by atoms with E-state index in [0.29, 0.717) is 6.54 Å². The average Bonchev–Trinajstić information content (AvgIpc) is 3.08. The highest BCUT2D eigenvalue weighted by molar-refractivity contribution is 7.84. The van der Waals surface area contributed by atoms with Crippen molar-refractivity contribution in [3.8, 4) is 0 Å². The van der Waals surface area contributed by atoms with Crippen molar-refractivity contribution in [1.29, 1.82) is 0 Å². The van der Waals surface area contributed by atoms with Crippen molar-refractivity contribution in [3.05, 3.63) is 35.9 Å². The van der Waals surface area contributed by atoms with Crippen LogP contribution >= 0.6 is 0 Å². The van der Waals surface area contributed by atoms with Gasteiger partial charge in [-0.25, -0.2) is 14.6 Å². The largest absolute Gasteiger partial charge is 0.389 e. The van der Waals surface area contributed by atoms with Crippen LogP contribution in [0.3, 0.4) is 0 Å². The first kappa shape index (κ1) is 15.8. The summed E-state index contributed by atoms with van der Waals surface area (Å²) in [6, 6.07) is 4.13. The first-order valence-corrected chi connectivity index (χ1v) is 8.83. The molecule has 3 aromatic rings. The zero-order chi connectivity index (χ0) is 16.6. The molecule has 23 heavy (non-hydrogen) atoms. The van der Waals surface area contributed by atoms with Gasteiger partial charge in [-0.05, 0) is 37.1 Å². The second-order valence-corrected chi connectivity index (χ2v) is 6.95. The summed E-state index contributed by atoms with van der Waals surface area (Å²) in [7, 11) is -1.22. The average molecular weight is 333 g/mol. The van der Waals surface area contributed by atoms with E-state index in [2.05, 4.69) is 35.0 Å². The van der Waals surface area contributed by atoms with Gasteiger partial charge in [-0.1, -0.05) is 0 Å². The molecule has 1 N–H and O–H groups in total. The van der Waals surface area contributed by atoms with E-state index in [-0.39, 0.29) is 11.7 Å². The first-order valence-electron chi connectivity index (χ1n) is 7.27. The van der Waals surface area contributed by atoms with Crippen LogP contribution < -0.4 is 0 Å². The quantitative estimate of drug-likeness (QED) is 0.754. The molecule has 0 aliphatic carbocycles. The monoisotopic (exact) mass is 333 g/mol. The summed E-state index contributed by atoms with van der Waals surface area (Å²) in [4.78, 5) is 8.34. The van der Waals surface area contributed by atoms with Crippen LogP contribution in [0.5, 0.6) is 0 Å². The lowest BCUT2D eigenvalue weighted by molar-refractivity contribution is 0.131. The number of aliphatic hydroxyl groups is 1. The fourth-order valence-corrected chi connectivity index (χ4v) is 2.87. The van der Waals surface area contributed by atoms with Crippen molar-refractivity contribution >= 4 is 21.8 Å². The summed E-state index contributed by atoms with van der Waals surface area (Å²) in [5.41, 5.74) is 4.32. The molecule has 122 valence electrons. The van der Waals surface area contributed by atoms with Gasteiger partial charge in [0.15, 0.2) is 0 Å². The number of aliphatic hydroxyl groups excluding tert-OH is 1. The normalized spacial score (nSPS) is 14.3. The van der Waals surface area contributed by atoms with Crippen molar-refractivity contribution in [3.63, 3.8) is 0 Å². The molecule has 0 spiro atoms. The van der Waals surface area contributed by atoms with Gasteiger partial charge in [0.1, 0.15) is 6.33 Å². The molecule has 0 aliphatic heterocycles. The Hall–Kier alpha value is -2.06. The van der Waals surface area contributed by atoms with Crippen LogP contribution in [0.2, 0.25) is 0 Å². The fraction of sp³-hybridized carbons (Fsp3) is 0.400. The van der Waals surface area contributed by atoms with Crippen molar-refractivity contribution in [1.82, 2.24) is 24.3 Å². The minimum Gasteiger partial charge on any atom is -0.389 e. The Bertz CT molecular complexity index is 870. The lowest BCUT2D eigenvalue weighted by Crippen LogP contribution is -2.22. The number of aryl methyl sites for hydroxylation is 2. The number of fused-ring (bicyclic) bond motifs is 1. The Morgan fingerprint density at radius 3 is 2.61 bits per heavy atom. The van der Waals surface area contributed by atoms with E-state index < -0.39 is 16.9 Å². The molecule has 2 aromatic heterocycles. The highest BCUT2D eigenvalue weighted by Gasteiger charge is 2.12. The van der Waals surface area contributed by atoms with Gasteiger partial charge < -0.3 is 9.67 Å². The molecular formula is C15H19N5O2S. The summed E-state index contributed by atoms with van der Waals surface area (Å²) < 4.78 is 14.7. The van der Waals surface area contributed by atoms with E-state index in [1.807, 2.05) is 10.6 Å². The molecular weight excluding hydrogens is 314 g/mol. The molecule has 0 amide bonds. The van der Waals surface area contributed by atoms with Gasteiger partial charge in [-0.3, -0.25) is 4.21 Å². The van der Waals surface area contributed by atoms with Gasteiger partial charge in [0.25, 0.3) is 0 Å². The lowest BCUT2D eigenvalue weighted by Gasteiger charge is -2.12. The third kappa shape index (κ3) is 3.32. The standard InChI is InChI=1S/C15H19N5O2S/c1-10-4-13-14(5-11(10)2)19(8-16-13)6-12(21)7-20-9-17-15(18-20)23(3)22/h4-5,8-9,12,21H,6-7H2,1-3H3. The smallest absolute Gasteiger partial charge is 0.238 e. The summed E-state index contributed by atoms with van der Waals surface area (Å²) in [5, 5.41) is 14.7. The number of hydrogen-bond donors (Lipinski definition) is 1. The molecule has 0 radical (unpaired) electrons. The van der Waals surface area contributed by atoms with Crippen molar-refractivity contribution in [2.45, 2.75) is 38.2 Å². The Balaban J connectivity index is 1.75. The molecule has 0 saturated heterocycles. The van der Waals surface area contributed by atoms with Crippen LogP contribution in [0, 0.1) is 13.8 Å². The molecule has 0 saturated carbocycles. The maximum Gasteiger partial charge on any atom is 0.238 e. The Morgan fingerprint density at radius 1 is 1.17 bits per heavy atom. The van der Waals surface area contributed by atoms with Crippen molar-refractivity contribution in [2.75, 3.05) is 6.26 Å². The van der Waals surface area contributed by atoms with Crippen molar-refractivity contribution in [2.24, 2.45) is 0 Å². The summed E-state index contributed by atoms with van der Waals surface area (Å²) in [6.07, 6.45) is 4.10. The summed E-state index contributed by atoms with van der Waals surface area (Å²) in [6.45, 7) is 4.81. The highest BCUT2D eigenvalue weighted by atomic mass is 32.2. The minimum atomic E-state index is -1.22. The Kier molecular flexibility index (Phi) is 4.27. The Labute approximate surface area is 136 Å². The second kappa shape index (κ2) is 6.21. The van der Waals surface area contributed by atoms with Gasteiger partial charge in [-0.2, -0.15) is 0 Å². The van der Waals surface area contributed by atoms with E-state index in [9.17, 15) is 9.32 Å². The van der Waals surface area contributed by atoms with Gasteiger partial charge in [-0.15, -0.1) is 5.10 Å². The SMILES string of the molecule is Cc1cc2ncn(CC(O)Cn3cnc(S(C)=O)n3)c2cc1C. The lowest BCUT2D eigenvalue weighted by atomic mass is 10.1. The predicted molar refractivity (Wildman–Crippen MR) is 87.6 cm³/mol. The van der Waals surface area contributed by atoms with E-state index in [1.165, 1.54) is 28.4 Å². The zero-order valence-corrected chi connectivity index (χ0v) is 14.1. The molecule has 8 heteroatoms. The van der Waals surface area contributed by atoms with Gasteiger partial charge in [0.05, 0.1) is 47.4 Å². The topological polar surface area (TPSA) is 85.8 Å². The van der Waals surface area contributed by atoms with E-state index in [4.69, 9.17) is 0 Å². The molecule has 0 aliphatic rings. The molecule has 0 bridgehead atoms. The molecule has 1 aromatic carbocycles. The van der Waals surface area contributed by atoms with Crippen molar-refractivity contribution < 1.29 is 9.32 Å². The van der Waals surface area contributed by atoms with E-state index >= 15 is 0 Å². The number of rotatable bonds is 5. The molecule has 7 nitrogen and oxygen atoms in total. The van der Waals surface area contributed by atoms with E-state index in [0.717, 1.165) is 11.0 Å². The number of nitrogens with zero attached hydrogens (tertiary/aromatic N) is 5. The van der Waals surface area contributed by atoms with Crippen LogP contribution in [0.4, 0.5) is 0 Å². The number of hydrogen-bond acceptors (Lipinski definition) is 5. The van der Waals surface area contributed by atoms with E-state index in [1.54, 1.807) is 6.33 Å². The number of benzene rings is 1. The Morgan fingerprint density at radius 2 is 1.91 bits per heavy atom. The summed E-state index contributed by atoms with van der Waals surface area (Å²) in [5.74, 6) is 0. The minimum absolute atomic E-state index is 0.274. The van der Waals surface area contributed by atoms with Crippen LogP contribution in [0.1, 0.15) is 11.1 Å². The van der Waals surface area contributed by atoms with Gasteiger partial charge in [0, 0.05) is 6.26 Å². The maximum atomic E-state index is 11.3. The molecule has 2 heterocycles. The number of imidazole rings is 1. The summed E-state index contributed by atoms with van der Waals surface area (Å²) >= 11 is 0. The molecule has 2 atom stereocenters. The van der Waals surface area contributed by atoms with Crippen LogP contribution in [-0.2, 0) is 23.9 Å². The fourth-order valence-electron chi connectivity index (χ4n) is 2.46. The molecule has 2 unspecified atom stereocenters.